The average molecular weight is 525 g/mol. The molecular formula is C24H28N8O4S. The van der Waals surface area contributed by atoms with Crippen molar-refractivity contribution in [2.75, 3.05) is 18.9 Å². The van der Waals surface area contributed by atoms with Gasteiger partial charge in [0.25, 0.3) is 0 Å². The zero-order valence-electron chi connectivity index (χ0n) is 21.2. The van der Waals surface area contributed by atoms with Gasteiger partial charge in [0.1, 0.15) is 18.0 Å². The zero-order chi connectivity index (χ0) is 26.6. The summed E-state index contributed by atoms with van der Waals surface area (Å²) in [6, 6.07) is 9.59. The summed E-state index contributed by atoms with van der Waals surface area (Å²) >= 11 is 0. The summed E-state index contributed by atoms with van der Waals surface area (Å²) in [6.45, 7) is 5.22. The highest BCUT2D eigenvalue weighted by molar-refractivity contribution is 7.93. The average Bonchev–Trinajstić information content (AvgIpc) is 3.28. The lowest BCUT2D eigenvalue weighted by atomic mass is 10.1. The number of aryl methyl sites for hydroxylation is 1. The molecule has 2 unspecified atom stereocenters. The Morgan fingerprint density at radius 2 is 1.57 bits per heavy atom. The molecule has 0 saturated heterocycles. The third-order valence-electron chi connectivity index (χ3n) is 5.94. The van der Waals surface area contributed by atoms with E-state index in [0.29, 0.717) is 18.1 Å². The molecule has 3 heterocycles. The number of methoxy groups -OCH3 is 2. The van der Waals surface area contributed by atoms with Crippen LogP contribution < -0.4 is 14.2 Å². The van der Waals surface area contributed by atoms with Gasteiger partial charge in [0.15, 0.2) is 5.69 Å². The summed E-state index contributed by atoms with van der Waals surface area (Å²) in [5.74, 6) is 0.628. The van der Waals surface area contributed by atoms with E-state index in [-0.39, 0.29) is 23.4 Å². The second-order valence-corrected chi connectivity index (χ2v) is 10.5. The maximum absolute atomic E-state index is 13.5. The lowest BCUT2D eigenvalue weighted by Gasteiger charge is -2.21. The van der Waals surface area contributed by atoms with Gasteiger partial charge in [-0.2, -0.15) is 9.97 Å². The van der Waals surface area contributed by atoms with E-state index in [0.717, 1.165) is 11.1 Å². The first kappa shape index (κ1) is 25.9. The van der Waals surface area contributed by atoms with Crippen LogP contribution in [0.4, 0.5) is 5.95 Å². The molecule has 0 aliphatic rings. The van der Waals surface area contributed by atoms with Crippen LogP contribution in [0.5, 0.6) is 11.8 Å². The van der Waals surface area contributed by atoms with E-state index in [9.17, 15) is 8.42 Å². The van der Waals surface area contributed by atoms with Gasteiger partial charge in [0.2, 0.25) is 27.7 Å². The Kier molecular flexibility index (Phi) is 7.62. The number of benzene rings is 1. The van der Waals surface area contributed by atoms with Crippen LogP contribution in [-0.4, -0.2) is 62.6 Å². The van der Waals surface area contributed by atoms with E-state index < -0.39 is 21.2 Å². The first-order valence-electron chi connectivity index (χ1n) is 11.5. The number of anilines is 1. The molecule has 0 spiro atoms. The van der Waals surface area contributed by atoms with Crippen molar-refractivity contribution in [1.29, 1.82) is 0 Å². The number of rotatable bonds is 10. The van der Waals surface area contributed by atoms with Crippen molar-refractivity contribution >= 4 is 16.0 Å². The van der Waals surface area contributed by atoms with Gasteiger partial charge >= 0.3 is 0 Å². The summed E-state index contributed by atoms with van der Waals surface area (Å²) in [4.78, 5) is 16.9. The number of sulfonamides is 1. The molecule has 2 atom stereocenters. The zero-order valence-corrected chi connectivity index (χ0v) is 22.0. The third kappa shape index (κ3) is 5.50. The van der Waals surface area contributed by atoms with E-state index in [1.807, 2.05) is 37.3 Å². The van der Waals surface area contributed by atoms with E-state index in [4.69, 9.17) is 9.47 Å². The van der Waals surface area contributed by atoms with Crippen LogP contribution in [0.1, 0.15) is 42.5 Å². The molecule has 0 amide bonds. The monoisotopic (exact) mass is 524 g/mol. The van der Waals surface area contributed by atoms with Gasteiger partial charge in [-0.3, -0.25) is 9.29 Å². The number of hydrogen-bond donors (Lipinski definition) is 1. The van der Waals surface area contributed by atoms with Gasteiger partial charge in [0.05, 0.1) is 19.5 Å². The topological polar surface area (TPSA) is 147 Å². The second-order valence-electron chi connectivity index (χ2n) is 8.44. The molecule has 4 rings (SSSR count). The Bertz CT molecular complexity index is 1440. The van der Waals surface area contributed by atoms with Crippen molar-refractivity contribution in [2.24, 2.45) is 0 Å². The van der Waals surface area contributed by atoms with Gasteiger partial charge in [0, 0.05) is 24.7 Å². The summed E-state index contributed by atoms with van der Waals surface area (Å²) in [5, 5.41) is 7.57. The van der Waals surface area contributed by atoms with E-state index in [2.05, 4.69) is 34.9 Å². The van der Waals surface area contributed by atoms with Crippen LogP contribution in [0.15, 0.2) is 49.1 Å². The summed E-state index contributed by atoms with van der Waals surface area (Å²) in [5.41, 5.74) is 2.10. The van der Waals surface area contributed by atoms with Gasteiger partial charge < -0.3 is 9.47 Å². The quantitative estimate of drug-likeness (QED) is 0.328. The van der Waals surface area contributed by atoms with Crippen molar-refractivity contribution in [1.82, 2.24) is 34.7 Å². The van der Waals surface area contributed by atoms with Crippen molar-refractivity contribution in [3.8, 4) is 17.4 Å². The van der Waals surface area contributed by atoms with Gasteiger partial charge in [-0.05, 0) is 25.0 Å². The Balaban J connectivity index is 1.77. The van der Waals surface area contributed by atoms with Gasteiger partial charge in [-0.15, -0.1) is 10.2 Å². The molecule has 0 radical (unpaired) electrons. The normalized spacial score (nSPS) is 13.1. The highest BCUT2D eigenvalue weighted by Crippen LogP contribution is 2.33. The minimum Gasteiger partial charge on any atom is -0.479 e. The Hall–Kier alpha value is -4.13. The van der Waals surface area contributed by atoms with Crippen molar-refractivity contribution in [3.05, 3.63) is 71.8 Å². The van der Waals surface area contributed by atoms with Crippen LogP contribution >= 0.6 is 0 Å². The van der Waals surface area contributed by atoms with E-state index in [1.54, 1.807) is 26.2 Å². The smallest absolute Gasteiger partial charge is 0.245 e. The van der Waals surface area contributed by atoms with Crippen LogP contribution in [-0.2, 0) is 16.4 Å². The molecule has 13 heteroatoms. The first-order valence-corrected chi connectivity index (χ1v) is 13.0. The van der Waals surface area contributed by atoms with E-state index >= 15 is 0 Å². The number of nitrogens with zero attached hydrogens (tertiary/aromatic N) is 7. The fraction of sp³-hybridized carbons (Fsp3) is 0.333. The molecule has 4 aromatic rings. The molecule has 3 aromatic heterocycles. The standard InChI is InChI=1S/C24H28N8O4S/c1-15-12-25-21(26-13-15)16(2)17(3)37(33,34)31-24-30-29-19(11-18-9-7-6-8-10-18)32(24)20-22(35-4)27-14-28-23(20)36-5/h6-10,12-14,16-17H,11H2,1-5H3,(H,30,31). The molecule has 0 fully saturated rings. The number of hydrogen-bond acceptors (Lipinski definition) is 10. The van der Waals surface area contributed by atoms with Crippen molar-refractivity contribution in [3.63, 3.8) is 0 Å². The molecule has 0 bridgehead atoms. The predicted molar refractivity (Wildman–Crippen MR) is 136 cm³/mol. The minimum atomic E-state index is -3.98. The maximum Gasteiger partial charge on any atom is 0.245 e. The largest absolute Gasteiger partial charge is 0.479 e. The predicted octanol–water partition coefficient (Wildman–Crippen LogP) is 2.70. The molecule has 0 saturated carbocycles. The maximum atomic E-state index is 13.5. The highest BCUT2D eigenvalue weighted by atomic mass is 32.2. The third-order valence-corrected chi connectivity index (χ3v) is 7.79. The molecule has 1 N–H and O–H groups in total. The van der Waals surface area contributed by atoms with Crippen molar-refractivity contribution in [2.45, 2.75) is 38.4 Å². The van der Waals surface area contributed by atoms with Crippen molar-refractivity contribution < 1.29 is 17.9 Å². The lowest BCUT2D eigenvalue weighted by Crippen LogP contribution is -2.31. The lowest BCUT2D eigenvalue weighted by molar-refractivity contribution is 0.368. The second kappa shape index (κ2) is 10.9. The van der Waals surface area contributed by atoms with Crippen LogP contribution in [0.3, 0.4) is 0 Å². The van der Waals surface area contributed by atoms with Crippen LogP contribution in [0, 0.1) is 6.92 Å². The van der Waals surface area contributed by atoms with Crippen LogP contribution in [0.2, 0.25) is 0 Å². The molecule has 0 aliphatic heterocycles. The SMILES string of the molecule is COc1ncnc(OC)c1-n1c(Cc2ccccc2)nnc1NS(=O)(=O)C(C)C(C)c1ncc(C)cn1. The Morgan fingerprint density at radius 1 is 0.946 bits per heavy atom. The van der Waals surface area contributed by atoms with E-state index in [1.165, 1.54) is 25.1 Å². The highest BCUT2D eigenvalue weighted by Gasteiger charge is 2.32. The molecule has 1 aromatic carbocycles. The summed E-state index contributed by atoms with van der Waals surface area (Å²) < 4.78 is 42.0. The molecule has 12 nitrogen and oxygen atoms in total. The molecule has 37 heavy (non-hydrogen) atoms. The first-order chi connectivity index (χ1) is 17.7. The van der Waals surface area contributed by atoms with Gasteiger partial charge in [-0.25, -0.2) is 18.4 Å². The summed E-state index contributed by atoms with van der Waals surface area (Å²) in [7, 11) is -1.08. The fourth-order valence-electron chi connectivity index (χ4n) is 3.68. The van der Waals surface area contributed by atoms with Gasteiger partial charge in [-0.1, -0.05) is 37.3 Å². The molecular weight excluding hydrogens is 496 g/mol. The summed E-state index contributed by atoms with van der Waals surface area (Å²) in [6.07, 6.45) is 4.95. The molecule has 0 aliphatic carbocycles. The number of nitrogens with one attached hydrogen (secondary N) is 1. The number of ether oxygens (including phenoxy) is 2. The molecule has 194 valence electrons. The Labute approximate surface area is 215 Å². The van der Waals surface area contributed by atoms with Crippen LogP contribution in [0.25, 0.3) is 5.69 Å². The minimum absolute atomic E-state index is 0.0544. The number of aromatic nitrogens is 7. The Morgan fingerprint density at radius 3 is 2.16 bits per heavy atom. The fourth-order valence-corrected chi connectivity index (χ4v) is 4.92.